The summed E-state index contributed by atoms with van der Waals surface area (Å²) in [5.74, 6) is -2.85. The number of ether oxygens (including phenoxy) is 1. The minimum atomic E-state index is -0.992. The first kappa shape index (κ1) is 21.6. The van der Waals surface area contributed by atoms with Crippen LogP contribution in [0.1, 0.15) is 51.4 Å². The standard InChI is InChI=1S/C19H27FN2O4/c1-6-19(4,5)22-15(23)11-26-18(25)16(12(2)3)21-17(24)13-9-7-8-10-14(13)20/h7-10,12,16H,6,11H2,1-5H3,(H,21,24)(H,22,23)/t16-/m0/s1. The Bertz CT molecular complexity index is 659. The van der Waals surface area contributed by atoms with E-state index in [1.807, 2.05) is 20.8 Å². The van der Waals surface area contributed by atoms with Crippen LogP contribution < -0.4 is 10.6 Å². The molecule has 0 heterocycles. The smallest absolute Gasteiger partial charge is 0.329 e. The van der Waals surface area contributed by atoms with E-state index in [-0.39, 0.29) is 11.5 Å². The molecule has 6 nitrogen and oxygen atoms in total. The molecule has 26 heavy (non-hydrogen) atoms. The Kier molecular flexibility index (Phi) is 7.74. The van der Waals surface area contributed by atoms with E-state index in [1.165, 1.54) is 18.2 Å². The number of amides is 2. The van der Waals surface area contributed by atoms with Crippen LogP contribution >= 0.6 is 0 Å². The fourth-order valence-corrected chi connectivity index (χ4v) is 2.09. The van der Waals surface area contributed by atoms with Crippen molar-refractivity contribution in [3.8, 4) is 0 Å². The molecule has 0 unspecified atom stereocenters. The highest BCUT2D eigenvalue weighted by Crippen LogP contribution is 2.10. The number of benzene rings is 1. The van der Waals surface area contributed by atoms with Crippen LogP contribution in [0.3, 0.4) is 0 Å². The lowest BCUT2D eigenvalue weighted by atomic mass is 10.0. The molecular weight excluding hydrogens is 339 g/mol. The molecule has 0 bridgehead atoms. The van der Waals surface area contributed by atoms with Crippen molar-refractivity contribution in [3.63, 3.8) is 0 Å². The Hall–Kier alpha value is -2.44. The summed E-state index contributed by atoms with van der Waals surface area (Å²) in [6.45, 7) is 8.64. The van der Waals surface area contributed by atoms with Crippen molar-refractivity contribution in [1.82, 2.24) is 10.6 Å². The molecular formula is C19H27FN2O4. The summed E-state index contributed by atoms with van der Waals surface area (Å²) >= 11 is 0. The third-order valence-electron chi connectivity index (χ3n) is 4.03. The molecule has 0 saturated carbocycles. The van der Waals surface area contributed by atoms with Crippen LogP contribution in [0.15, 0.2) is 24.3 Å². The van der Waals surface area contributed by atoms with Crippen LogP contribution in [0.25, 0.3) is 0 Å². The predicted molar refractivity (Wildman–Crippen MR) is 96.0 cm³/mol. The number of carbonyl (C=O) groups excluding carboxylic acids is 3. The average molecular weight is 366 g/mol. The minimum absolute atomic E-state index is 0.159. The van der Waals surface area contributed by atoms with Gasteiger partial charge in [0.05, 0.1) is 5.56 Å². The molecule has 0 aromatic heterocycles. The topological polar surface area (TPSA) is 84.5 Å². The zero-order valence-corrected chi connectivity index (χ0v) is 15.9. The normalized spacial score (nSPS) is 12.4. The van der Waals surface area contributed by atoms with E-state index in [0.29, 0.717) is 0 Å². The molecule has 0 spiro atoms. The van der Waals surface area contributed by atoms with Gasteiger partial charge in [0, 0.05) is 5.54 Å². The van der Waals surface area contributed by atoms with Gasteiger partial charge in [-0.05, 0) is 38.3 Å². The molecule has 1 atom stereocenters. The van der Waals surface area contributed by atoms with Crippen molar-refractivity contribution >= 4 is 17.8 Å². The first-order valence-electron chi connectivity index (χ1n) is 8.60. The van der Waals surface area contributed by atoms with Gasteiger partial charge in [-0.2, -0.15) is 0 Å². The van der Waals surface area contributed by atoms with Crippen molar-refractivity contribution in [2.45, 2.75) is 52.6 Å². The fraction of sp³-hybridized carbons (Fsp3) is 0.526. The number of nitrogens with one attached hydrogen (secondary N) is 2. The first-order chi connectivity index (χ1) is 12.1. The van der Waals surface area contributed by atoms with Gasteiger partial charge in [-0.15, -0.1) is 0 Å². The van der Waals surface area contributed by atoms with Gasteiger partial charge >= 0.3 is 5.97 Å². The molecule has 1 aromatic carbocycles. The molecule has 0 aliphatic rings. The fourth-order valence-electron chi connectivity index (χ4n) is 2.09. The van der Waals surface area contributed by atoms with E-state index >= 15 is 0 Å². The summed E-state index contributed by atoms with van der Waals surface area (Å²) in [4.78, 5) is 36.4. The van der Waals surface area contributed by atoms with Crippen LogP contribution in [-0.4, -0.2) is 36.0 Å². The van der Waals surface area contributed by atoms with E-state index in [9.17, 15) is 18.8 Å². The largest absolute Gasteiger partial charge is 0.454 e. The molecule has 2 amide bonds. The molecule has 0 fully saturated rings. The summed E-state index contributed by atoms with van der Waals surface area (Å²) in [6.07, 6.45) is 0.722. The van der Waals surface area contributed by atoms with E-state index < -0.39 is 41.8 Å². The Morgan fingerprint density at radius 3 is 2.35 bits per heavy atom. The van der Waals surface area contributed by atoms with Gasteiger partial charge in [0.15, 0.2) is 6.61 Å². The zero-order chi connectivity index (χ0) is 19.9. The summed E-state index contributed by atoms with van der Waals surface area (Å²) in [5.41, 5.74) is -0.562. The number of hydrogen-bond acceptors (Lipinski definition) is 4. The summed E-state index contributed by atoms with van der Waals surface area (Å²) in [5, 5.41) is 5.22. The number of hydrogen-bond donors (Lipinski definition) is 2. The molecule has 0 aliphatic heterocycles. The third-order valence-corrected chi connectivity index (χ3v) is 4.03. The monoisotopic (exact) mass is 366 g/mol. The van der Waals surface area contributed by atoms with Gasteiger partial charge in [0.1, 0.15) is 11.9 Å². The minimum Gasteiger partial charge on any atom is -0.454 e. The molecule has 144 valence electrons. The Morgan fingerprint density at radius 1 is 1.19 bits per heavy atom. The number of rotatable bonds is 8. The highest BCUT2D eigenvalue weighted by molar-refractivity contribution is 5.97. The summed E-state index contributed by atoms with van der Waals surface area (Å²) in [6, 6.07) is 4.50. The van der Waals surface area contributed by atoms with Crippen molar-refractivity contribution in [1.29, 1.82) is 0 Å². The number of esters is 1. The van der Waals surface area contributed by atoms with E-state index in [1.54, 1.807) is 13.8 Å². The lowest BCUT2D eigenvalue weighted by Gasteiger charge is -2.25. The average Bonchev–Trinajstić information content (AvgIpc) is 2.57. The van der Waals surface area contributed by atoms with Gasteiger partial charge in [-0.1, -0.05) is 32.9 Å². The highest BCUT2D eigenvalue weighted by atomic mass is 19.1. The van der Waals surface area contributed by atoms with Crippen molar-refractivity contribution in [3.05, 3.63) is 35.6 Å². The first-order valence-corrected chi connectivity index (χ1v) is 8.60. The van der Waals surface area contributed by atoms with Gasteiger partial charge in [0.25, 0.3) is 11.8 Å². The van der Waals surface area contributed by atoms with Gasteiger partial charge in [-0.3, -0.25) is 9.59 Å². The van der Waals surface area contributed by atoms with Crippen LogP contribution in [-0.2, 0) is 14.3 Å². The zero-order valence-electron chi connectivity index (χ0n) is 15.9. The lowest BCUT2D eigenvalue weighted by Crippen LogP contribution is -2.48. The maximum Gasteiger partial charge on any atom is 0.329 e. The SMILES string of the molecule is CCC(C)(C)NC(=O)COC(=O)[C@@H](NC(=O)c1ccccc1F)C(C)C. The van der Waals surface area contributed by atoms with Crippen LogP contribution in [0.4, 0.5) is 4.39 Å². The maximum absolute atomic E-state index is 13.7. The van der Waals surface area contributed by atoms with E-state index in [0.717, 1.165) is 12.5 Å². The Morgan fingerprint density at radius 2 is 1.81 bits per heavy atom. The molecule has 2 N–H and O–H groups in total. The van der Waals surface area contributed by atoms with Crippen molar-refractivity contribution in [2.75, 3.05) is 6.61 Å². The maximum atomic E-state index is 13.7. The molecule has 1 rings (SSSR count). The predicted octanol–water partition coefficient (Wildman–Crippen LogP) is 2.43. The molecule has 0 saturated heterocycles. The van der Waals surface area contributed by atoms with E-state index in [2.05, 4.69) is 10.6 Å². The lowest BCUT2D eigenvalue weighted by molar-refractivity contribution is -0.151. The third kappa shape index (κ3) is 6.46. The number of halogens is 1. The van der Waals surface area contributed by atoms with Crippen molar-refractivity contribution in [2.24, 2.45) is 5.92 Å². The molecule has 0 radical (unpaired) electrons. The second-order valence-corrected chi connectivity index (χ2v) is 7.07. The molecule has 7 heteroatoms. The van der Waals surface area contributed by atoms with Gasteiger partial charge in [0.2, 0.25) is 0 Å². The Balaban J connectivity index is 2.69. The summed E-state index contributed by atoms with van der Waals surface area (Å²) < 4.78 is 18.7. The Labute approximate surface area is 153 Å². The van der Waals surface area contributed by atoms with Crippen LogP contribution in [0.2, 0.25) is 0 Å². The van der Waals surface area contributed by atoms with E-state index in [4.69, 9.17) is 4.74 Å². The van der Waals surface area contributed by atoms with Crippen molar-refractivity contribution < 1.29 is 23.5 Å². The van der Waals surface area contributed by atoms with Gasteiger partial charge < -0.3 is 15.4 Å². The molecule has 1 aromatic rings. The van der Waals surface area contributed by atoms with Crippen LogP contribution in [0.5, 0.6) is 0 Å². The van der Waals surface area contributed by atoms with Crippen LogP contribution in [0, 0.1) is 11.7 Å². The second-order valence-electron chi connectivity index (χ2n) is 7.07. The second kappa shape index (κ2) is 9.31. The highest BCUT2D eigenvalue weighted by Gasteiger charge is 2.28. The number of carbonyl (C=O) groups is 3. The summed E-state index contributed by atoms with van der Waals surface area (Å²) in [7, 11) is 0. The quantitative estimate of drug-likeness (QED) is 0.692. The van der Waals surface area contributed by atoms with Gasteiger partial charge in [-0.25, -0.2) is 9.18 Å². The molecule has 0 aliphatic carbocycles.